The quantitative estimate of drug-likeness (QED) is 0.507. The van der Waals surface area contributed by atoms with Crippen molar-refractivity contribution >= 4 is 39.8 Å². The summed E-state index contributed by atoms with van der Waals surface area (Å²) >= 11 is 6.88. The summed E-state index contributed by atoms with van der Waals surface area (Å²) in [6.07, 6.45) is 0.812. The van der Waals surface area contributed by atoms with Gasteiger partial charge in [0.05, 0.1) is 24.0 Å². The van der Waals surface area contributed by atoms with Gasteiger partial charge in [0.25, 0.3) is 5.91 Å². The number of nitrogens with one attached hydrogen (secondary N) is 2. The second kappa shape index (κ2) is 6.56. The zero-order valence-corrected chi connectivity index (χ0v) is 12.7. The van der Waals surface area contributed by atoms with Crippen LogP contribution in [0, 0.1) is 0 Å². The van der Waals surface area contributed by atoms with Crippen LogP contribution >= 0.6 is 22.9 Å². The predicted octanol–water partition coefficient (Wildman–Crippen LogP) is -3.40. The molecule has 0 radical (unpaired) electrons. The Morgan fingerprint density at radius 1 is 1.53 bits per heavy atom. The molecule has 0 fully saturated rings. The maximum atomic E-state index is 11.5. The molecule has 2 rings (SSSR count). The van der Waals surface area contributed by atoms with E-state index in [-0.39, 0.29) is 24.2 Å². The second-order valence-electron chi connectivity index (χ2n) is 4.39. The molecule has 2 heterocycles. The van der Waals surface area contributed by atoms with Crippen molar-refractivity contribution in [2.75, 3.05) is 24.8 Å². The highest BCUT2D eigenvalue weighted by Crippen LogP contribution is 2.34. The summed E-state index contributed by atoms with van der Waals surface area (Å²) in [5.41, 5.74) is 6.86. The van der Waals surface area contributed by atoms with Gasteiger partial charge in [0.1, 0.15) is 17.4 Å². The summed E-state index contributed by atoms with van der Waals surface area (Å²) in [5, 5.41) is 3.19. The fraction of sp³-hybridized carbons (Fsp3) is 0.455. The molecule has 1 aromatic heterocycles. The number of anilines is 1. The van der Waals surface area contributed by atoms with Crippen LogP contribution in [0.2, 0.25) is 0 Å². The molecule has 106 valence electrons. The van der Waals surface area contributed by atoms with Crippen molar-refractivity contribution in [2.24, 2.45) is 5.73 Å². The van der Waals surface area contributed by atoms with Gasteiger partial charge in [0.2, 0.25) is 5.91 Å². The zero-order valence-electron chi connectivity index (χ0n) is 10.4. The molecule has 4 N–H and O–H groups in total. The van der Waals surface area contributed by atoms with Gasteiger partial charge in [-0.15, -0.1) is 22.9 Å². The minimum absolute atomic E-state index is 0. The Morgan fingerprint density at radius 2 is 2.21 bits per heavy atom. The molecule has 5 nitrogen and oxygen atoms in total. The van der Waals surface area contributed by atoms with Crippen LogP contribution in [-0.2, 0) is 17.8 Å². The molecule has 0 bridgehead atoms. The van der Waals surface area contributed by atoms with E-state index in [0.29, 0.717) is 10.6 Å². The lowest BCUT2D eigenvalue weighted by Gasteiger charge is -2.19. The largest absolute Gasteiger partial charge is 1.00 e. The van der Waals surface area contributed by atoms with Gasteiger partial charge in [-0.2, -0.15) is 0 Å². The third kappa shape index (κ3) is 3.39. The monoisotopic (exact) mass is 323 g/mol. The molecule has 1 unspecified atom stereocenters. The molecule has 0 saturated heterocycles. The Kier molecular flexibility index (Phi) is 5.61. The second-order valence-corrected chi connectivity index (χ2v) is 5.76. The molecule has 1 aromatic rings. The van der Waals surface area contributed by atoms with Crippen molar-refractivity contribution in [3.8, 4) is 0 Å². The predicted molar refractivity (Wildman–Crippen MR) is 71.3 cm³/mol. The smallest absolute Gasteiger partial charge is 0.252 e. The lowest BCUT2D eigenvalue weighted by Crippen LogP contribution is -3.08. The van der Waals surface area contributed by atoms with E-state index in [4.69, 9.17) is 17.3 Å². The number of hydrogen-bond donors (Lipinski definition) is 3. The first-order valence-corrected chi connectivity index (χ1v) is 6.99. The Labute approximate surface area is 126 Å². The number of rotatable bonds is 3. The highest BCUT2D eigenvalue weighted by Gasteiger charge is 2.28. The molecule has 1 aliphatic heterocycles. The lowest BCUT2D eigenvalue weighted by molar-refractivity contribution is -0.895. The molecule has 0 spiro atoms. The maximum absolute atomic E-state index is 11.5. The average molecular weight is 324 g/mol. The number of fused-ring (bicyclic) bond motifs is 1. The van der Waals surface area contributed by atoms with E-state index < -0.39 is 5.91 Å². The number of carbonyl (C=O) groups excluding carboxylic acids is 2. The van der Waals surface area contributed by atoms with Gasteiger partial charge in [-0.1, -0.05) is 0 Å². The number of likely N-dealkylation sites (N-methyl/N-ethyl adjacent to an activating group) is 1. The molecule has 0 aliphatic carbocycles. The van der Waals surface area contributed by atoms with Crippen molar-refractivity contribution in [3.05, 3.63) is 16.0 Å². The Balaban J connectivity index is 0.00000180. The van der Waals surface area contributed by atoms with Crippen molar-refractivity contribution in [1.82, 2.24) is 0 Å². The number of quaternary nitrogens is 1. The van der Waals surface area contributed by atoms with Crippen molar-refractivity contribution < 1.29 is 26.9 Å². The van der Waals surface area contributed by atoms with Gasteiger partial charge in [-0.05, 0) is 5.56 Å². The molecule has 19 heavy (non-hydrogen) atoms. The fourth-order valence-corrected chi connectivity index (χ4v) is 3.58. The van der Waals surface area contributed by atoms with Crippen LogP contribution in [0.1, 0.15) is 20.8 Å². The van der Waals surface area contributed by atoms with E-state index in [1.54, 1.807) is 0 Å². The van der Waals surface area contributed by atoms with E-state index in [9.17, 15) is 9.59 Å². The first kappa shape index (κ1) is 16.2. The fourth-order valence-electron chi connectivity index (χ4n) is 2.13. The van der Waals surface area contributed by atoms with E-state index in [1.165, 1.54) is 16.2 Å². The highest BCUT2D eigenvalue weighted by molar-refractivity contribution is 7.17. The van der Waals surface area contributed by atoms with Crippen LogP contribution in [0.25, 0.3) is 0 Å². The SMILES string of the molecule is C[NH+]1CCc2c(sc(NC(=O)CCl)c2C(N)=O)C1.[Cl-]. The minimum atomic E-state index is -0.489. The zero-order chi connectivity index (χ0) is 13.3. The van der Waals surface area contributed by atoms with Crippen LogP contribution in [0.15, 0.2) is 0 Å². The lowest BCUT2D eigenvalue weighted by atomic mass is 10.0. The van der Waals surface area contributed by atoms with Crippen molar-refractivity contribution in [3.63, 3.8) is 0 Å². The Bertz CT molecular complexity index is 504. The first-order chi connectivity index (χ1) is 8.52. The summed E-state index contributed by atoms with van der Waals surface area (Å²) < 4.78 is 0. The number of alkyl halides is 1. The van der Waals surface area contributed by atoms with E-state index in [0.717, 1.165) is 30.0 Å². The van der Waals surface area contributed by atoms with Crippen LogP contribution in [-0.4, -0.2) is 31.3 Å². The van der Waals surface area contributed by atoms with Gasteiger partial charge in [0, 0.05) is 6.42 Å². The van der Waals surface area contributed by atoms with E-state index in [1.807, 2.05) is 0 Å². The summed E-state index contributed by atoms with van der Waals surface area (Å²) in [6, 6.07) is 0. The van der Waals surface area contributed by atoms with Crippen LogP contribution in [0.4, 0.5) is 5.00 Å². The molecular formula is C11H15Cl2N3O2S. The molecule has 1 aliphatic rings. The Hall–Kier alpha value is -0.820. The number of amides is 2. The average Bonchev–Trinajstić information content (AvgIpc) is 2.65. The molecule has 0 aromatic carbocycles. The van der Waals surface area contributed by atoms with Crippen LogP contribution in [0.3, 0.4) is 0 Å². The number of carbonyl (C=O) groups is 2. The number of thiophene rings is 1. The number of primary amides is 1. The normalized spacial score (nSPS) is 17.3. The van der Waals surface area contributed by atoms with Crippen LogP contribution < -0.4 is 28.4 Å². The summed E-state index contributed by atoms with van der Waals surface area (Å²) in [6.45, 7) is 1.82. The maximum Gasteiger partial charge on any atom is 0.252 e. The van der Waals surface area contributed by atoms with Crippen LogP contribution in [0.5, 0.6) is 0 Å². The highest BCUT2D eigenvalue weighted by atomic mass is 35.5. The third-order valence-electron chi connectivity index (χ3n) is 2.98. The van der Waals surface area contributed by atoms with Crippen molar-refractivity contribution in [1.29, 1.82) is 0 Å². The third-order valence-corrected chi connectivity index (χ3v) is 4.37. The first-order valence-electron chi connectivity index (χ1n) is 5.64. The summed E-state index contributed by atoms with van der Waals surface area (Å²) in [7, 11) is 2.10. The summed E-state index contributed by atoms with van der Waals surface area (Å²) in [5.74, 6) is -0.943. The molecule has 2 amide bonds. The minimum Gasteiger partial charge on any atom is -1.00 e. The number of hydrogen-bond acceptors (Lipinski definition) is 3. The summed E-state index contributed by atoms with van der Waals surface area (Å²) in [4.78, 5) is 25.4. The standard InChI is InChI=1S/C11H14ClN3O2S.ClH/c1-15-3-2-6-7(5-15)18-11(9(6)10(13)17)14-8(16)4-12;/h2-5H2,1H3,(H2,13,17)(H,14,16);1H. The van der Waals surface area contributed by atoms with Gasteiger partial charge in [0.15, 0.2) is 0 Å². The van der Waals surface area contributed by atoms with Crippen molar-refractivity contribution in [2.45, 2.75) is 13.0 Å². The Morgan fingerprint density at radius 3 is 2.79 bits per heavy atom. The van der Waals surface area contributed by atoms with Gasteiger partial charge < -0.3 is 28.4 Å². The topological polar surface area (TPSA) is 76.6 Å². The van der Waals surface area contributed by atoms with Gasteiger partial charge >= 0.3 is 0 Å². The molecule has 1 atom stereocenters. The molecule has 0 saturated carbocycles. The molecular weight excluding hydrogens is 309 g/mol. The number of halogens is 2. The molecule has 8 heteroatoms. The van der Waals surface area contributed by atoms with E-state index >= 15 is 0 Å². The number of nitrogens with two attached hydrogens (primary N) is 1. The van der Waals surface area contributed by atoms with Gasteiger partial charge in [-0.3, -0.25) is 9.59 Å². The van der Waals surface area contributed by atoms with E-state index in [2.05, 4.69) is 12.4 Å². The van der Waals surface area contributed by atoms with Gasteiger partial charge in [-0.25, -0.2) is 0 Å².